The molecule has 0 aromatic rings. The number of nitrogens with zero attached hydrogens (tertiary/aromatic N) is 1. The van der Waals surface area contributed by atoms with Crippen LogP contribution in [0, 0.1) is 5.92 Å². The van der Waals surface area contributed by atoms with E-state index in [1.165, 1.54) is 4.90 Å². The van der Waals surface area contributed by atoms with Crippen molar-refractivity contribution in [3.63, 3.8) is 0 Å². The van der Waals surface area contributed by atoms with Crippen molar-refractivity contribution in [1.29, 1.82) is 0 Å². The topological polar surface area (TPSA) is 83.6 Å². The summed E-state index contributed by atoms with van der Waals surface area (Å²) in [6.45, 7) is 6.07. The molecule has 2 atom stereocenters. The Kier molecular flexibility index (Phi) is 4.14. The SMILES string of the molecule is CCC(N)(CC)C(=O)N1CCC(C)C1C(=O)O. The highest BCUT2D eigenvalue weighted by molar-refractivity contribution is 5.90. The number of carbonyl (C=O) groups is 2. The minimum atomic E-state index is -0.932. The lowest BCUT2D eigenvalue weighted by Crippen LogP contribution is -2.57. The highest BCUT2D eigenvalue weighted by Gasteiger charge is 2.44. The molecule has 0 bridgehead atoms. The number of hydrogen-bond donors (Lipinski definition) is 2. The normalized spacial score (nSPS) is 25.1. The van der Waals surface area contributed by atoms with Gasteiger partial charge in [0.2, 0.25) is 5.91 Å². The van der Waals surface area contributed by atoms with Crippen LogP contribution in [0.4, 0.5) is 0 Å². The minimum Gasteiger partial charge on any atom is -0.480 e. The molecule has 0 aliphatic carbocycles. The standard InChI is InChI=1S/C12H22N2O3/c1-4-12(13,5-2)11(17)14-7-6-8(3)9(14)10(15)16/h8-9H,4-7,13H2,1-3H3,(H,15,16). The first-order chi connectivity index (χ1) is 7.87. The number of carboxylic acid groups (broad SMARTS) is 1. The maximum absolute atomic E-state index is 12.3. The molecule has 3 N–H and O–H groups in total. The second-order valence-electron chi connectivity index (χ2n) is 4.91. The van der Waals surface area contributed by atoms with Crippen LogP contribution >= 0.6 is 0 Å². The van der Waals surface area contributed by atoms with Gasteiger partial charge in [0.15, 0.2) is 0 Å². The smallest absolute Gasteiger partial charge is 0.326 e. The van der Waals surface area contributed by atoms with Crippen molar-refractivity contribution in [1.82, 2.24) is 4.90 Å². The van der Waals surface area contributed by atoms with Crippen molar-refractivity contribution in [2.75, 3.05) is 6.54 Å². The predicted octanol–water partition coefficient (Wildman–Crippen LogP) is 0.825. The first-order valence-corrected chi connectivity index (χ1v) is 6.20. The predicted molar refractivity (Wildman–Crippen MR) is 64.4 cm³/mol. The average molecular weight is 242 g/mol. The third kappa shape index (κ3) is 2.44. The Bertz CT molecular complexity index is 313. The lowest BCUT2D eigenvalue weighted by molar-refractivity contribution is -0.151. The summed E-state index contributed by atoms with van der Waals surface area (Å²) in [6, 6.07) is -0.719. The summed E-state index contributed by atoms with van der Waals surface area (Å²) in [5, 5.41) is 9.18. The minimum absolute atomic E-state index is 0.00517. The van der Waals surface area contributed by atoms with Crippen LogP contribution in [0.15, 0.2) is 0 Å². The molecule has 0 radical (unpaired) electrons. The Morgan fingerprint density at radius 2 is 1.94 bits per heavy atom. The van der Waals surface area contributed by atoms with Gasteiger partial charge in [0.25, 0.3) is 0 Å². The van der Waals surface area contributed by atoms with Crippen LogP contribution in [0.2, 0.25) is 0 Å². The fourth-order valence-electron chi connectivity index (χ4n) is 2.39. The summed E-state index contributed by atoms with van der Waals surface area (Å²) in [5.74, 6) is -1.16. The van der Waals surface area contributed by atoms with E-state index >= 15 is 0 Å². The first kappa shape index (κ1) is 14.0. The summed E-state index contributed by atoms with van der Waals surface area (Å²) in [4.78, 5) is 25.0. The number of carbonyl (C=O) groups excluding carboxylic acids is 1. The van der Waals surface area contributed by atoms with Gasteiger partial charge in [-0.05, 0) is 25.2 Å². The number of likely N-dealkylation sites (tertiary alicyclic amines) is 1. The van der Waals surface area contributed by atoms with E-state index in [1.807, 2.05) is 20.8 Å². The molecule has 1 fully saturated rings. The van der Waals surface area contributed by atoms with Gasteiger partial charge in [-0.3, -0.25) is 4.79 Å². The maximum atomic E-state index is 12.3. The van der Waals surface area contributed by atoms with Gasteiger partial charge >= 0.3 is 5.97 Å². The van der Waals surface area contributed by atoms with E-state index in [2.05, 4.69) is 0 Å². The summed E-state index contributed by atoms with van der Waals surface area (Å²) >= 11 is 0. The monoisotopic (exact) mass is 242 g/mol. The summed E-state index contributed by atoms with van der Waals surface area (Å²) in [6.07, 6.45) is 1.78. The molecule has 1 aliphatic rings. The van der Waals surface area contributed by atoms with Crippen LogP contribution in [0.1, 0.15) is 40.0 Å². The number of nitrogens with two attached hydrogens (primary N) is 1. The molecule has 2 unspecified atom stereocenters. The van der Waals surface area contributed by atoms with Gasteiger partial charge in [0.05, 0.1) is 5.54 Å². The number of hydrogen-bond acceptors (Lipinski definition) is 3. The zero-order valence-corrected chi connectivity index (χ0v) is 10.8. The molecule has 5 nitrogen and oxygen atoms in total. The molecule has 98 valence electrons. The molecule has 0 aromatic heterocycles. The molecule has 5 heteroatoms. The van der Waals surface area contributed by atoms with Crippen LogP contribution in [0.3, 0.4) is 0 Å². The van der Waals surface area contributed by atoms with Gasteiger partial charge in [0, 0.05) is 6.54 Å². The maximum Gasteiger partial charge on any atom is 0.326 e. The van der Waals surface area contributed by atoms with Gasteiger partial charge < -0.3 is 15.7 Å². The second-order valence-corrected chi connectivity index (χ2v) is 4.91. The molecule has 17 heavy (non-hydrogen) atoms. The molecule has 1 rings (SSSR count). The van der Waals surface area contributed by atoms with Crippen LogP contribution in [0.5, 0.6) is 0 Å². The Labute approximate surface area is 102 Å². The number of rotatable bonds is 4. The first-order valence-electron chi connectivity index (χ1n) is 6.20. The van der Waals surface area contributed by atoms with Crippen LogP contribution in [-0.4, -0.2) is 40.0 Å². The van der Waals surface area contributed by atoms with Crippen LogP contribution in [-0.2, 0) is 9.59 Å². The Hall–Kier alpha value is -1.10. The largest absolute Gasteiger partial charge is 0.480 e. The summed E-state index contributed by atoms with van der Waals surface area (Å²) in [7, 11) is 0. The lowest BCUT2D eigenvalue weighted by atomic mass is 9.91. The van der Waals surface area contributed by atoms with E-state index in [0.717, 1.165) is 6.42 Å². The highest BCUT2D eigenvalue weighted by Crippen LogP contribution is 2.28. The van der Waals surface area contributed by atoms with Crippen molar-refractivity contribution >= 4 is 11.9 Å². The molecular weight excluding hydrogens is 220 g/mol. The second kappa shape index (κ2) is 5.04. The van der Waals surface area contributed by atoms with E-state index in [9.17, 15) is 14.7 Å². The number of aliphatic carboxylic acids is 1. The molecule has 0 saturated carbocycles. The van der Waals surface area contributed by atoms with Crippen molar-refractivity contribution in [2.24, 2.45) is 11.7 Å². The molecule has 1 saturated heterocycles. The van der Waals surface area contributed by atoms with E-state index in [1.54, 1.807) is 0 Å². The molecule has 0 spiro atoms. The van der Waals surface area contributed by atoms with Crippen LogP contribution in [0.25, 0.3) is 0 Å². The average Bonchev–Trinajstić information content (AvgIpc) is 2.69. The van der Waals surface area contributed by atoms with Gasteiger partial charge in [-0.25, -0.2) is 4.79 Å². The molecule has 0 aromatic carbocycles. The fraction of sp³-hybridized carbons (Fsp3) is 0.833. The third-order valence-corrected chi connectivity index (χ3v) is 3.90. The molecule has 1 amide bonds. The van der Waals surface area contributed by atoms with Crippen molar-refractivity contribution in [3.8, 4) is 0 Å². The van der Waals surface area contributed by atoms with Gasteiger partial charge in [-0.15, -0.1) is 0 Å². The Balaban J connectivity index is 2.92. The Morgan fingerprint density at radius 1 is 1.41 bits per heavy atom. The van der Waals surface area contributed by atoms with Crippen molar-refractivity contribution in [2.45, 2.75) is 51.6 Å². The summed E-state index contributed by atoms with van der Waals surface area (Å²) < 4.78 is 0. The van der Waals surface area contributed by atoms with Gasteiger partial charge in [-0.1, -0.05) is 20.8 Å². The quantitative estimate of drug-likeness (QED) is 0.764. The number of amides is 1. The fourth-order valence-corrected chi connectivity index (χ4v) is 2.39. The van der Waals surface area contributed by atoms with Crippen molar-refractivity contribution in [3.05, 3.63) is 0 Å². The summed E-state index contributed by atoms with van der Waals surface area (Å²) in [5.41, 5.74) is 5.12. The lowest BCUT2D eigenvalue weighted by Gasteiger charge is -2.33. The zero-order valence-electron chi connectivity index (χ0n) is 10.8. The van der Waals surface area contributed by atoms with Crippen LogP contribution < -0.4 is 5.73 Å². The van der Waals surface area contributed by atoms with Gasteiger partial charge in [-0.2, -0.15) is 0 Å². The zero-order chi connectivity index (χ0) is 13.2. The van der Waals surface area contributed by atoms with E-state index in [-0.39, 0.29) is 11.8 Å². The van der Waals surface area contributed by atoms with E-state index in [0.29, 0.717) is 19.4 Å². The van der Waals surface area contributed by atoms with Gasteiger partial charge in [0.1, 0.15) is 6.04 Å². The number of carboxylic acids is 1. The van der Waals surface area contributed by atoms with Crippen molar-refractivity contribution < 1.29 is 14.7 Å². The highest BCUT2D eigenvalue weighted by atomic mass is 16.4. The van der Waals surface area contributed by atoms with E-state index < -0.39 is 17.6 Å². The molecule has 1 aliphatic heterocycles. The molecule has 1 heterocycles. The Morgan fingerprint density at radius 3 is 2.35 bits per heavy atom. The molecular formula is C12H22N2O3. The van der Waals surface area contributed by atoms with E-state index in [4.69, 9.17) is 5.73 Å². The third-order valence-electron chi connectivity index (χ3n) is 3.90.